The zero-order chi connectivity index (χ0) is 13.1. The second-order valence-electron chi connectivity index (χ2n) is 3.50. The lowest BCUT2D eigenvalue weighted by atomic mass is 10.2. The first-order valence-corrected chi connectivity index (χ1v) is 6.35. The SMILES string of the molecule is C#CCCNS(=O)(=O)c1cc(C)c(F)c(N)c1. The molecule has 0 atom stereocenters. The van der Waals surface area contributed by atoms with Crippen LogP contribution >= 0.6 is 0 Å². The molecule has 1 aromatic carbocycles. The maximum atomic E-state index is 13.2. The standard InChI is InChI=1S/C11H13FN2O2S/c1-3-4-5-14-17(15,16)9-6-8(2)11(12)10(13)7-9/h1,6-7,14H,4-5,13H2,2H3. The molecule has 0 spiro atoms. The summed E-state index contributed by atoms with van der Waals surface area (Å²) >= 11 is 0. The molecule has 0 aliphatic carbocycles. The van der Waals surface area contributed by atoms with Crippen LogP contribution in [-0.2, 0) is 10.0 Å². The van der Waals surface area contributed by atoms with Gasteiger partial charge in [-0.15, -0.1) is 12.3 Å². The number of terminal acetylenes is 1. The van der Waals surface area contributed by atoms with Crippen LogP contribution in [0.5, 0.6) is 0 Å². The summed E-state index contributed by atoms with van der Waals surface area (Å²) in [7, 11) is -3.69. The average molecular weight is 256 g/mol. The number of aryl methyl sites for hydroxylation is 1. The number of rotatable bonds is 4. The van der Waals surface area contributed by atoms with Crippen LogP contribution in [0.3, 0.4) is 0 Å². The Morgan fingerprint density at radius 1 is 1.53 bits per heavy atom. The van der Waals surface area contributed by atoms with Crippen molar-refractivity contribution in [3.8, 4) is 12.3 Å². The van der Waals surface area contributed by atoms with E-state index >= 15 is 0 Å². The van der Waals surface area contributed by atoms with E-state index in [1.165, 1.54) is 13.0 Å². The molecule has 0 amide bonds. The molecule has 1 aromatic rings. The summed E-state index contributed by atoms with van der Waals surface area (Å²) in [5, 5.41) is 0. The Kier molecular flexibility index (Phi) is 4.10. The average Bonchev–Trinajstić information content (AvgIpc) is 2.25. The Hall–Kier alpha value is -1.58. The lowest BCUT2D eigenvalue weighted by molar-refractivity contribution is 0.581. The largest absolute Gasteiger partial charge is 0.396 e. The lowest BCUT2D eigenvalue weighted by Gasteiger charge is -2.08. The molecule has 4 nitrogen and oxygen atoms in total. The fourth-order valence-corrected chi connectivity index (χ4v) is 2.41. The Morgan fingerprint density at radius 3 is 2.71 bits per heavy atom. The van der Waals surface area contributed by atoms with Crippen molar-refractivity contribution in [3.05, 3.63) is 23.5 Å². The van der Waals surface area contributed by atoms with Crippen molar-refractivity contribution >= 4 is 15.7 Å². The number of nitrogen functional groups attached to an aromatic ring is 1. The Morgan fingerprint density at radius 2 is 2.18 bits per heavy atom. The van der Waals surface area contributed by atoms with Gasteiger partial charge in [-0.25, -0.2) is 17.5 Å². The van der Waals surface area contributed by atoms with Crippen LogP contribution in [0.2, 0.25) is 0 Å². The minimum Gasteiger partial charge on any atom is -0.396 e. The molecule has 0 radical (unpaired) electrons. The maximum Gasteiger partial charge on any atom is 0.240 e. The van der Waals surface area contributed by atoms with Crippen LogP contribution in [0.15, 0.2) is 17.0 Å². The molecule has 0 saturated carbocycles. The molecule has 0 saturated heterocycles. The van der Waals surface area contributed by atoms with Crippen molar-refractivity contribution in [1.29, 1.82) is 0 Å². The van der Waals surface area contributed by atoms with Gasteiger partial charge in [0.25, 0.3) is 0 Å². The molecule has 3 N–H and O–H groups in total. The van der Waals surface area contributed by atoms with Gasteiger partial charge in [0.1, 0.15) is 5.82 Å². The van der Waals surface area contributed by atoms with Crippen molar-refractivity contribution in [1.82, 2.24) is 4.72 Å². The summed E-state index contributed by atoms with van der Waals surface area (Å²) in [6.45, 7) is 1.58. The van der Waals surface area contributed by atoms with E-state index in [1.807, 2.05) is 0 Å². The number of sulfonamides is 1. The minimum absolute atomic E-state index is 0.0640. The predicted molar refractivity (Wildman–Crippen MR) is 64.2 cm³/mol. The van der Waals surface area contributed by atoms with Gasteiger partial charge >= 0.3 is 0 Å². The van der Waals surface area contributed by atoms with Crippen molar-refractivity contribution in [2.45, 2.75) is 18.2 Å². The van der Waals surface area contributed by atoms with Crippen LogP contribution in [0.4, 0.5) is 10.1 Å². The van der Waals surface area contributed by atoms with Crippen molar-refractivity contribution < 1.29 is 12.8 Å². The summed E-state index contributed by atoms with van der Waals surface area (Å²) < 4.78 is 39.1. The topological polar surface area (TPSA) is 72.2 Å². The lowest BCUT2D eigenvalue weighted by Crippen LogP contribution is -2.24. The van der Waals surface area contributed by atoms with Gasteiger partial charge in [0.2, 0.25) is 10.0 Å². The third kappa shape index (κ3) is 3.19. The molecule has 0 aliphatic rings. The molecule has 1 rings (SSSR count). The number of hydrogen-bond donors (Lipinski definition) is 2. The maximum absolute atomic E-state index is 13.2. The number of anilines is 1. The monoisotopic (exact) mass is 256 g/mol. The van der Waals surface area contributed by atoms with Gasteiger partial charge in [-0.05, 0) is 24.6 Å². The van der Waals surface area contributed by atoms with Crippen LogP contribution in [0.25, 0.3) is 0 Å². The molecule has 0 aliphatic heterocycles. The molecular formula is C11H13FN2O2S. The zero-order valence-corrected chi connectivity index (χ0v) is 10.1. The molecule has 0 heterocycles. The van der Waals surface area contributed by atoms with Crippen molar-refractivity contribution in [3.63, 3.8) is 0 Å². The highest BCUT2D eigenvalue weighted by atomic mass is 32.2. The third-order valence-electron chi connectivity index (χ3n) is 2.13. The Labute approximate surface area is 100 Å². The van der Waals surface area contributed by atoms with E-state index in [0.717, 1.165) is 6.07 Å². The molecule has 92 valence electrons. The molecule has 0 bridgehead atoms. The van der Waals surface area contributed by atoms with E-state index in [1.54, 1.807) is 0 Å². The van der Waals surface area contributed by atoms with Gasteiger partial charge < -0.3 is 5.73 Å². The van der Waals surface area contributed by atoms with Gasteiger partial charge in [0, 0.05) is 13.0 Å². The van der Waals surface area contributed by atoms with Gasteiger partial charge in [-0.3, -0.25) is 0 Å². The van der Waals surface area contributed by atoms with Crippen molar-refractivity contribution in [2.75, 3.05) is 12.3 Å². The summed E-state index contributed by atoms with van der Waals surface area (Å²) in [5.74, 6) is 1.71. The number of nitrogens with two attached hydrogens (primary N) is 1. The first-order chi connectivity index (χ1) is 7.88. The molecule has 0 aromatic heterocycles. The molecule has 0 unspecified atom stereocenters. The minimum atomic E-state index is -3.69. The highest BCUT2D eigenvalue weighted by Gasteiger charge is 2.16. The van der Waals surface area contributed by atoms with E-state index in [4.69, 9.17) is 12.2 Å². The number of benzene rings is 1. The highest BCUT2D eigenvalue weighted by molar-refractivity contribution is 7.89. The van der Waals surface area contributed by atoms with E-state index < -0.39 is 15.8 Å². The summed E-state index contributed by atoms with van der Waals surface area (Å²) in [5.41, 5.74) is 5.36. The molecular weight excluding hydrogens is 243 g/mol. The van der Waals surface area contributed by atoms with Gasteiger partial charge in [-0.2, -0.15) is 0 Å². The Bertz CT molecular complexity index is 538. The van der Waals surface area contributed by atoms with E-state index in [2.05, 4.69) is 10.6 Å². The van der Waals surface area contributed by atoms with Gasteiger partial charge in [0.05, 0.1) is 10.6 Å². The van der Waals surface area contributed by atoms with E-state index in [-0.39, 0.29) is 29.1 Å². The summed E-state index contributed by atoms with van der Waals surface area (Å²) in [4.78, 5) is -0.0640. The number of hydrogen-bond acceptors (Lipinski definition) is 3. The summed E-state index contributed by atoms with van der Waals surface area (Å²) in [6, 6.07) is 2.31. The third-order valence-corrected chi connectivity index (χ3v) is 3.57. The first-order valence-electron chi connectivity index (χ1n) is 4.87. The highest BCUT2D eigenvalue weighted by Crippen LogP contribution is 2.20. The fraction of sp³-hybridized carbons (Fsp3) is 0.273. The first kappa shape index (κ1) is 13.5. The predicted octanol–water partition coefficient (Wildman–Crippen LogP) is 1.02. The van der Waals surface area contributed by atoms with Crippen LogP contribution < -0.4 is 10.5 Å². The number of nitrogens with one attached hydrogen (secondary N) is 1. The van der Waals surface area contributed by atoms with Gasteiger partial charge in [-0.1, -0.05) is 0 Å². The quantitative estimate of drug-likeness (QED) is 0.480. The van der Waals surface area contributed by atoms with Crippen LogP contribution in [-0.4, -0.2) is 15.0 Å². The van der Waals surface area contributed by atoms with Crippen LogP contribution in [0, 0.1) is 25.1 Å². The molecule has 6 heteroatoms. The molecule has 17 heavy (non-hydrogen) atoms. The van der Waals surface area contributed by atoms with E-state index in [9.17, 15) is 12.8 Å². The van der Waals surface area contributed by atoms with E-state index in [0.29, 0.717) is 0 Å². The van der Waals surface area contributed by atoms with Crippen molar-refractivity contribution in [2.24, 2.45) is 0 Å². The second kappa shape index (κ2) is 5.17. The molecule has 0 fully saturated rings. The van der Waals surface area contributed by atoms with Crippen LogP contribution in [0.1, 0.15) is 12.0 Å². The smallest absolute Gasteiger partial charge is 0.240 e. The zero-order valence-electron chi connectivity index (χ0n) is 9.33. The van der Waals surface area contributed by atoms with Gasteiger partial charge in [0.15, 0.2) is 0 Å². The second-order valence-corrected chi connectivity index (χ2v) is 5.26. The normalized spacial score (nSPS) is 11.1. The summed E-state index contributed by atoms with van der Waals surface area (Å²) in [6.07, 6.45) is 5.30. The fourth-order valence-electron chi connectivity index (χ4n) is 1.26. The Balaban J connectivity index is 3.04. The number of halogens is 1.